The van der Waals surface area contributed by atoms with E-state index in [4.69, 9.17) is 0 Å². The Balaban J connectivity index is 2.16. The first-order chi connectivity index (χ1) is 6.47. The highest BCUT2D eigenvalue weighted by Crippen LogP contribution is 2.13. The maximum atomic E-state index is 11.6. The van der Waals surface area contributed by atoms with Crippen molar-refractivity contribution in [3.63, 3.8) is 0 Å². The summed E-state index contributed by atoms with van der Waals surface area (Å²) in [7, 11) is 1.83. The Morgan fingerprint density at radius 2 is 2.21 bits per heavy atom. The van der Waals surface area contributed by atoms with Gasteiger partial charge in [0.25, 0.3) is 0 Å². The molecule has 1 rings (SSSR count). The van der Waals surface area contributed by atoms with Crippen LogP contribution in [0, 0.1) is 0 Å². The molecule has 0 saturated heterocycles. The maximum Gasteiger partial charge on any atom is 0.413 e. The van der Waals surface area contributed by atoms with Crippen molar-refractivity contribution in [3.8, 4) is 0 Å². The fraction of sp³-hybridized carbons (Fsp3) is 0.500. The Labute approximate surface area is 79.4 Å². The van der Waals surface area contributed by atoms with Crippen molar-refractivity contribution in [2.24, 2.45) is 7.05 Å². The molecule has 0 amide bonds. The van der Waals surface area contributed by atoms with Gasteiger partial charge in [0.05, 0.1) is 0 Å². The van der Waals surface area contributed by atoms with Gasteiger partial charge in [0.1, 0.15) is 0 Å². The minimum Gasteiger partial charge on any atom is -0.357 e. The van der Waals surface area contributed by atoms with Gasteiger partial charge in [-0.25, -0.2) is 0 Å². The lowest BCUT2D eigenvalue weighted by molar-refractivity contribution is -0.190. The predicted octanol–water partition coefficient (Wildman–Crippen LogP) is 1.61. The zero-order valence-corrected chi connectivity index (χ0v) is 7.64. The van der Waals surface area contributed by atoms with Gasteiger partial charge < -0.3 is 4.57 Å². The molecule has 0 saturated carbocycles. The van der Waals surface area contributed by atoms with Crippen molar-refractivity contribution in [2.45, 2.75) is 12.7 Å². The third kappa shape index (κ3) is 4.29. The fourth-order valence-corrected chi connectivity index (χ4v) is 0.933. The van der Waals surface area contributed by atoms with Crippen molar-refractivity contribution in [1.29, 1.82) is 0 Å². The van der Waals surface area contributed by atoms with Crippen LogP contribution in [0.25, 0.3) is 0 Å². The molecule has 0 radical (unpaired) electrons. The molecule has 0 aliphatic carbocycles. The minimum atomic E-state index is -4.29. The van der Waals surface area contributed by atoms with Gasteiger partial charge in [-0.3, -0.25) is 4.84 Å². The number of hydrogen-bond acceptors (Lipinski definition) is 2. The lowest BCUT2D eigenvalue weighted by Gasteiger charge is -2.07. The van der Waals surface area contributed by atoms with E-state index in [1.165, 1.54) is 0 Å². The summed E-state index contributed by atoms with van der Waals surface area (Å²) in [6, 6.07) is 1.80. The van der Waals surface area contributed by atoms with Crippen LogP contribution in [0.3, 0.4) is 0 Å². The van der Waals surface area contributed by atoms with Crippen LogP contribution in [0.5, 0.6) is 0 Å². The number of nitrogens with zero attached hydrogens (tertiary/aromatic N) is 1. The number of alkyl halides is 3. The smallest absolute Gasteiger partial charge is 0.357 e. The van der Waals surface area contributed by atoms with Crippen LogP contribution in [-0.2, 0) is 18.4 Å². The van der Waals surface area contributed by atoms with Gasteiger partial charge in [0, 0.05) is 26.0 Å². The largest absolute Gasteiger partial charge is 0.413 e. The van der Waals surface area contributed by atoms with Crippen molar-refractivity contribution < 1.29 is 18.0 Å². The van der Waals surface area contributed by atoms with Gasteiger partial charge in [0.15, 0.2) is 6.61 Å². The topological polar surface area (TPSA) is 26.2 Å². The van der Waals surface area contributed by atoms with E-state index >= 15 is 0 Å². The molecule has 0 spiro atoms. The highest BCUT2D eigenvalue weighted by atomic mass is 19.4. The highest BCUT2D eigenvalue weighted by molar-refractivity contribution is 5.08. The molecule has 0 unspecified atom stereocenters. The number of halogens is 3. The first-order valence-corrected chi connectivity index (χ1v) is 3.99. The Hall–Kier alpha value is -1.01. The minimum absolute atomic E-state index is 0.261. The van der Waals surface area contributed by atoms with Crippen molar-refractivity contribution >= 4 is 0 Å². The van der Waals surface area contributed by atoms with E-state index in [1.54, 1.807) is 23.0 Å². The molecule has 1 aromatic heterocycles. The summed E-state index contributed by atoms with van der Waals surface area (Å²) in [5.41, 5.74) is 3.11. The van der Waals surface area contributed by atoms with Crippen LogP contribution in [-0.4, -0.2) is 17.4 Å². The third-order valence-corrected chi connectivity index (χ3v) is 1.51. The van der Waals surface area contributed by atoms with Crippen LogP contribution in [0.4, 0.5) is 13.2 Å². The van der Waals surface area contributed by atoms with Crippen LogP contribution < -0.4 is 5.48 Å². The molecule has 0 aliphatic heterocycles. The summed E-state index contributed by atoms with van der Waals surface area (Å²) in [6.07, 6.45) is -0.686. The predicted molar refractivity (Wildman–Crippen MR) is 44.3 cm³/mol. The molecular weight excluding hydrogens is 197 g/mol. The molecule has 1 heterocycles. The molecule has 0 atom stereocenters. The molecular formula is C8H11F3N2O. The summed E-state index contributed by atoms with van der Waals surface area (Å²) >= 11 is 0. The normalized spacial score (nSPS) is 12.0. The molecule has 1 N–H and O–H groups in total. The molecule has 0 bridgehead atoms. The SMILES string of the molecule is Cn1ccc(CNOCC(F)(F)F)c1. The number of aryl methyl sites for hydroxylation is 1. The number of nitrogens with one attached hydrogen (secondary N) is 1. The van der Waals surface area contributed by atoms with E-state index < -0.39 is 12.8 Å². The summed E-state index contributed by atoms with van der Waals surface area (Å²) in [4.78, 5) is 4.23. The Bertz CT molecular complexity index is 282. The van der Waals surface area contributed by atoms with E-state index in [0.29, 0.717) is 0 Å². The van der Waals surface area contributed by atoms with Crippen LogP contribution in [0.2, 0.25) is 0 Å². The second-order valence-electron chi connectivity index (χ2n) is 2.91. The van der Waals surface area contributed by atoms with Gasteiger partial charge in [0.2, 0.25) is 0 Å². The van der Waals surface area contributed by atoms with E-state index in [1.807, 2.05) is 7.05 Å². The molecule has 6 heteroatoms. The van der Waals surface area contributed by atoms with Gasteiger partial charge in [-0.2, -0.15) is 18.7 Å². The Kier molecular flexibility index (Phi) is 3.54. The van der Waals surface area contributed by atoms with Crippen LogP contribution in [0.15, 0.2) is 18.5 Å². The lowest BCUT2D eigenvalue weighted by Crippen LogP contribution is -2.24. The molecule has 14 heavy (non-hydrogen) atoms. The Morgan fingerprint density at radius 1 is 1.50 bits per heavy atom. The van der Waals surface area contributed by atoms with Crippen molar-refractivity contribution in [2.75, 3.05) is 6.61 Å². The second-order valence-corrected chi connectivity index (χ2v) is 2.91. The lowest BCUT2D eigenvalue weighted by atomic mass is 10.3. The zero-order valence-electron chi connectivity index (χ0n) is 7.64. The average molecular weight is 208 g/mol. The third-order valence-electron chi connectivity index (χ3n) is 1.51. The average Bonchev–Trinajstić information content (AvgIpc) is 2.44. The standard InChI is InChI=1S/C8H11F3N2O/c1-13-3-2-7(5-13)4-12-14-6-8(9,10)11/h2-3,5,12H,4,6H2,1H3. The van der Waals surface area contributed by atoms with Gasteiger partial charge in [-0.05, 0) is 11.6 Å². The summed E-state index contributed by atoms with van der Waals surface area (Å²) in [6.45, 7) is -1.02. The maximum absolute atomic E-state index is 11.6. The first kappa shape index (κ1) is 11.1. The van der Waals surface area contributed by atoms with Crippen molar-refractivity contribution in [3.05, 3.63) is 24.0 Å². The highest BCUT2D eigenvalue weighted by Gasteiger charge is 2.27. The Morgan fingerprint density at radius 3 is 2.71 bits per heavy atom. The molecule has 1 aromatic rings. The summed E-state index contributed by atoms with van der Waals surface area (Å²) in [5, 5.41) is 0. The van der Waals surface area contributed by atoms with Crippen molar-refractivity contribution in [1.82, 2.24) is 10.0 Å². The monoisotopic (exact) mass is 208 g/mol. The molecule has 3 nitrogen and oxygen atoms in total. The van der Waals surface area contributed by atoms with E-state index in [9.17, 15) is 13.2 Å². The second kappa shape index (κ2) is 4.47. The number of hydrogen-bond donors (Lipinski definition) is 1. The molecule has 0 aromatic carbocycles. The van der Waals surface area contributed by atoms with E-state index in [-0.39, 0.29) is 6.54 Å². The molecule has 80 valence electrons. The van der Waals surface area contributed by atoms with Crippen LogP contribution in [0.1, 0.15) is 5.56 Å². The van der Waals surface area contributed by atoms with Gasteiger partial charge in [-0.15, -0.1) is 0 Å². The quantitative estimate of drug-likeness (QED) is 0.601. The number of aromatic nitrogens is 1. The van der Waals surface area contributed by atoms with Gasteiger partial charge in [-0.1, -0.05) is 0 Å². The van der Waals surface area contributed by atoms with E-state index in [0.717, 1.165) is 5.56 Å². The number of rotatable bonds is 4. The summed E-state index contributed by atoms with van der Waals surface area (Å²) < 4.78 is 36.7. The fourth-order valence-electron chi connectivity index (χ4n) is 0.933. The summed E-state index contributed by atoms with van der Waals surface area (Å²) in [5.74, 6) is 0. The van der Waals surface area contributed by atoms with Crippen LogP contribution >= 0.6 is 0 Å². The van der Waals surface area contributed by atoms with Gasteiger partial charge >= 0.3 is 6.18 Å². The molecule has 0 fully saturated rings. The van der Waals surface area contributed by atoms with E-state index in [2.05, 4.69) is 10.3 Å². The number of hydroxylamine groups is 1. The first-order valence-electron chi connectivity index (χ1n) is 3.99. The molecule has 0 aliphatic rings. The zero-order chi connectivity index (χ0) is 10.6.